The Morgan fingerprint density at radius 1 is 1.14 bits per heavy atom. The lowest BCUT2D eigenvalue weighted by molar-refractivity contribution is -0.384. The molecule has 0 amide bonds. The zero-order valence-corrected chi connectivity index (χ0v) is 12.1. The monoisotopic (exact) mass is 302 g/mol. The number of nitrogens with zero attached hydrogens (tertiary/aromatic N) is 2. The molecule has 0 fully saturated rings. The number of nitro benzene ring substituents is 1. The van der Waals surface area contributed by atoms with Crippen LogP contribution in [-0.4, -0.2) is 16.3 Å². The number of amidine groups is 1. The lowest BCUT2D eigenvalue weighted by Gasteiger charge is -2.10. The third-order valence-electron chi connectivity index (χ3n) is 2.57. The van der Waals surface area contributed by atoms with Crippen LogP contribution in [0.4, 0.5) is 17.1 Å². The Balaban J connectivity index is 2.00. The Morgan fingerprint density at radius 2 is 1.81 bits per heavy atom. The largest absolute Gasteiger partial charge is 0.299 e. The first-order chi connectivity index (χ1) is 10.2. The summed E-state index contributed by atoms with van der Waals surface area (Å²) in [6.07, 6.45) is 1.91. The van der Waals surface area contributed by atoms with Gasteiger partial charge in [0, 0.05) is 12.1 Å². The van der Waals surface area contributed by atoms with Crippen molar-refractivity contribution >= 4 is 34.0 Å². The fourth-order valence-electron chi connectivity index (χ4n) is 1.54. The number of hydrogen-bond donors (Lipinski definition) is 2. The second-order valence-corrected chi connectivity index (χ2v) is 4.81. The maximum atomic E-state index is 10.6. The maximum absolute atomic E-state index is 10.6. The van der Waals surface area contributed by atoms with E-state index in [1.807, 2.05) is 36.6 Å². The molecule has 0 bridgehead atoms. The van der Waals surface area contributed by atoms with Crippen molar-refractivity contribution in [1.82, 2.24) is 5.43 Å². The summed E-state index contributed by atoms with van der Waals surface area (Å²) in [5.41, 5.74) is 7.56. The molecule has 7 heteroatoms. The number of nitro groups is 1. The highest BCUT2D eigenvalue weighted by Gasteiger charge is 2.04. The van der Waals surface area contributed by atoms with E-state index in [-0.39, 0.29) is 5.69 Å². The van der Waals surface area contributed by atoms with Gasteiger partial charge in [0.15, 0.2) is 5.17 Å². The van der Waals surface area contributed by atoms with Crippen LogP contribution in [0.1, 0.15) is 0 Å². The van der Waals surface area contributed by atoms with Gasteiger partial charge in [0.25, 0.3) is 5.69 Å². The van der Waals surface area contributed by atoms with Crippen molar-refractivity contribution in [2.45, 2.75) is 0 Å². The summed E-state index contributed by atoms with van der Waals surface area (Å²) in [5.74, 6) is 0. The van der Waals surface area contributed by atoms with Gasteiger partial charge in [-0.2, -0.15) is 0 Å². The van der Waals surface area contributed by atoms with Crippen molar-refractivity contribution in [3.63, 3.8) is 0 Å². The Labute approximate surface area is 126 Å². The van der Waals surface area contributed by atoms with Crippen molar-refractivity contribution in [3.8, 4) is 0 Å². The number of hydrogen-bond acceptors (Lipinski definition) is 5. The number of rotatable bonds is 4. The van der Waals surface area contributed by atoms with Crippen molar-refractivity contribution < 1.29 is 4.92 Å². The molecule has 0 spiro atoms. The molecule has 0 aliphatic rings. The first-order valence-electron chi connectivity index (χ1n) is 6.13. The predicted molar refractivity (Wildman–Crippen MR) is 86.9 cm³/mol. The molecular formula is C14H14N4O2S. The van der Waals surface area contributed by atoms with E-state index in [0.29, 0.717) is 5.17 Å². The molecule has 21 heavy (non-hydrogen) atoms. The molecule has 0 aliphatic carbocycles. The third kappa shape index (κ3) is 4.50. The highest BCUT2D eigenvalue weighted by atomic mass is 32.2. The average molecular weight is 302 g/mol. The summed E-state index contributed by atoms with van der Waals surface area (Å²) >= 11 is 1.46. The van der Waals surface area contributed by atoms with Crippen LogP contribution in [-0.2, 0) is 0 Å². The Hall–Kier alpha value is -2.54. The quantitative estimate of drug-likeness (QED) is 0.391. The molecule has 0 heterocycles. The minimum absolute atomic E-state index is 0.0589. The number of para-hydroxylation sites is 1. The van der Waals surface area contributed by atoms with Crippen molar-refractivity contribution in [3.05, 3.63) is 64.7 Å². The van der Waals surface area contributed by atoms with E-state index in [9.17, 15) is 10.1 Å². The number of aliphatic imine (C=N–C) groups is 1. The molecule has 2 rings (SSSR count). The second kappa shape index (κ2) is 7.30. The van der Waals surface area contributed by atoms with Gasteiger partial charge in [-0.05, 0) is 30.5 Å². The fourth-order valence-corrected chi connectivity index (χ4v) is 1.89. The normalized spacial score (nSPS) is 11.0. The number of anilines is 1. The van der Waals surface area contributed by atoms with Gasteiger partial charge < -0.3 is 0 Å². The van der Waals surface area contributed by atoms with Crippen LogP contribution in [0, 0.1) is 10.1 Å². The summed E-state index contributed by atoms with van der Waals surface area (Å²) in [7, 11) is 0. The first-order valence-corrected chi connectivity index (χ1v) is 7.36. The molecule has 0 unspecified atom stereocenters. The standard InChI is InChI=1S/C14H14N4O2S/c1-21-14(15-11-5-3-2-4-6-11)17-16-12-7-9-13(10-8-12)18(19)20/h2-10,16H,1H3,(H,15,17). The molecule has 0 saturated carbocycles. The smallest absolute Gasteiger partial charge is 0.269 e. The third-order valence-corrected chi connectivity index (χ3v) is 3.15. The topological polar surface area (TPSA) is 79.6 Å². The molecule has 0 atom stereocenters. The van der Waals surface area contributed by atoms with E-state index >= 15 is 0 Å². The second-order valence-electron chi connectivity index (χ2n) is 4.01. The number of thioether (sulfide) groups is 1. The molecule has 0 aliphatic heterocycles. The first kappa shape index (κ1) is 14.9. The SMILES string of the molecule is CSC(=Nc1ccccc1)NNc1ccc([N+](=O)[O-])cc1. The van der Waals surface area contributed by atoms with Crippen molar-refractivity contribution in [1.29, 1.82) is 0 Å². The molecule has 2 aromatic rings. The summed E-state index contributed by atoms with van der Waals surface area (Å²) in [6, 6.07) is 15.7. The van der Waals surface area contributed by atoms with Crippen LogP contribution >= 0.6 is 11.8 Å². The van der Waals surface area contributed by atoms with Crippen LogP contribution in [0.5, 0.6) is 0 Å². The van der Waals surface area contributed by atoms with Crippen LogP contribution < -0.4 is 10.9 Å². The van der Waals surface area contributed by atoms with E-state index in [0.717, 1.165) is 11.4 Å². The van der Waals surface area contributed by atoms with Gasteiger partial charge in [0.05, 0.1) is 16.3 Å². The van der Waals surface area contributed by atoms with Crippen LogP contribution in [0.2, 0.25) is 0 Å². The predicted octanol–water partition coefficient (Wildman–Crippen LogP) is 3.56. The van der Waals surface area contributed by atoms with Crippen molar-refractivity contribution in [2.75, 3.05) is 11.7 Å². The zero-order chi connectivity index (χ0) is 15.1. The molecule has 2 aromatic carbocycles. The Kier molecular flexibility index (Phi) is 5.16. The molecule has 0 aromatic heterocycles. The average Bonchev–Trinajstić information content (AvgIpc) is 2.52. The number of hydrazine groups is 1. The summed E-state index contributed by atoms with van der Waals surface area (Å²) in [4.78, 5) is 14.6. The van der Waals surface area contributed by atoms with Gasteiger partial charge >= 0.3 is 0 Å². The summed E-state index contributed by atoms with van der Waals surface area (Å²) in [6.45, 7) is 0. The number of non-ortho nitro benzene ring substituents is 1. The summed E-state index contributed by atoms with van der Waals surface area (Å²) in [5, 5.41) is 11.3. The Bertz CT molecular complexity index is 629. The highest BCUT2D eigenvalue weighted by molar-refractivity contribution is 8.13. The van der Waals surface area contributed by atoms with Gasteiger partial charge in [0.1, 0.15) is 0 Å². The molecular weight excluding hydrogens is 288 g/mol. The molecule has 108 valence electrons. The van der Waals surface area contributed by atoms with E-state index in [1.165, 1.54) is 23.9 Å². The summed E-state index contributed by atoms with van der Waals surface area (Å²) < 4.78 is 0. The van der Waals surface area contributed by atoms with E-state index in [4.69, 9.17) is 0 Å². The van der Waals surface area contributed by atoms with Crippen LogP contribution in [0.25, 0.3) is 0 Å². The van der Waals surface area contributed by atoms with Gasteiger partial charge in [0.2, 0.25) is 0 Å². The molecule has 2 N–H and O–H groups in total. The van der Waals surface area contributed by atoms with Crippen LogP contribution in [0.15, 0.2) is 59.6 Å². The minimum atomic E-state index is -0.429. The molecule has 0 radical (unpaired) electrons. The van der Waals surface area contributed by atoms with Gasteiger partial charge in [-0.25, -0.2) is 4.99 Å². The number of nitrogens with one attached hydrogen (secondary N) is 2. The Morgan fingerprint density at radius 3 is 2.38 bits per heavy atom. The lowest BCUT2D eigenvalue weighted by Crippen LogP contribution is -2.26. The van der Waals surface area contributed by atoms with E-state index in [2.05, 4.69) is 15.8 Å². The molecule has 6 nitrogen and oxygen atoms in total. The van der Waals surface area contributed by atoms with Crippen LogP contribution in [0.3, 0.4) is 0 Å². The van der Waals surface area contributed by atoms with Gasteiger partial charge in [-0.15, -0.1) is 0 Å². The maximum Gasteiger partial charge on any atom is 0.269 e. The molecule has 0 saturated heterocycles. The van der Waals surface area contributed by atoms with Gasteiger partial charge in [-0.1, -0.05) is 30.0 Å². The fraction of sp³-hybridized carbons (Fsp3) is 0.0714. The number of benzene rings is 2. The van der Waals surface area contributed by atoms with Crippen molar-refractivity contribution in [2.24, 2.45) is 4.99 Å². The highest BCUT2D eigenvalue weighted by Crippen LogP contribution is 2.15. The zero-order valence-electron chi connectivity index (χ0n) is 11.3. The van der Waals surface area contributed by atoms with E-state index < -0.39 is 4.92 Å². The van der Waals surface area contributed by atoms with Gasteiger partial charge in [-0.3, -0.25) is 21.0 Å². The van der Waals surface area contributed by atoms with E-state index in [1.54, 1.807) is 12.1 Å². The lowest BCUT2D eigenvalue weighted by atomic mass is 10.3. The minimum Gasteiger partial charge on any atom is -0.299 e.